The van der Waals surface area contributed by atoms with Crippen molar-refractivity contribution in [1.82, 2.24) is 5.32 Å². The Morgan fingerprint density at radius 2 is 1.85 bits per heavy atom. The molecule has 1 fully saturated rings. The van der Waals surface area contributed by atoms with Crippen LogP contribution in [0, 0.1) is 0 Å². The van der Waals surface area contributed by atoms with E-state index in [1.54, 1.807) is 0 Å². The third-order valence-electron chi connectivity index (χ3n) is 4.94. The lowest BCUT2D eigenvalue weighted by molar-refractivity contribution is -0.277. The number of nitrogens with one attached hydrogen (secondary N) is 1. The van der Waals surface area contributed by atoms with Gasteiger partial charge in [-0.2, -0.15) is 8.42 Å². The van der Waals surface area contributed by atoms with E-state index in [1.807, 2.05) is 0 Å². The second-order valence-corrected chi connectivity index (χ2v) is 8.95. The predicted molar refractivity (Wildman–Crippen MR) is 110 cm³/mol. The molecule has 1 amide bonds. The van der Waals surface area contributed by atoms with Crippen molar-refractivity contribution in [2.75, 3.05) is 18.9 Å². The van der Waals surface area contributed by atoms with Crippen molar-refractivity contribution < 1.29 is 52.1 Å². The first kappa shape index (κ1) is 25.0. The van der Waals surface area contributed by atoms with Gasteiger partial charge in [0.1, 0.15) is 35.7 Å². The van der Waals surface area contributed by atoms with Crippen molar-refractivity contribution in [3.8, 4) is 5.75 Å². The van der Waals surface area contributed by atoms with Crippen molar-refractivity contribution in [1.29, 1.82) is 0 Å². The first-order chi connectivity index (χ1) is 15.5. The molecule has 182 valence electrons. The predicted octanol–water partition coefficient (Wildman–Crippen LogP) is -2.48. The maximum atomic E-state index is 12.1. The average Bonchev–Trinajstić information content (AvgIpc) is 2.72. The normalized spacial score (nSPS) is 25.7. The number of amides is 1. The minimum absolute atomic E-state index is 0.0327. The van der Waals surface area contributed by atoms with Gasteiger partial charge in [0, 0.05) is 24.1 Å². The van der Waals surface area contributed by atoms with Crippen LogP contribution < -0.4 is 15.7 Å². The summed E-state index contributed by atoms with van der Waals surface area (Å²) in [6, 6.07) is 5.28. The highest BCUT2D eigenvalue weighted by Crippen LogP contribution is 2.27. The van der Waals surface area contributed by atoms with Crippen LogP contribution in [0.4, 0.5) is 0 Å². The molecule has 5 atom stereocenters. The number of carbonyl (C=O) groups excluding carboxylic acids is 1. The van der Waals surface area contributed by atoms with E-state index in [1.165, 1.54) is 18.2 Å². The van der Waals surface area contributed by atoms with Gasteiger partial charge in [0.2, 0.25) is 12.2 Å². The molecule has 33 heavy (non-hydrogen) atoms. The SMILES string of the molecule is O=C(Cc1cc(=O)oc2cc(O[C@@H]3OC(CO)[C@H](O)C(O)C3O)ccc12)NCCS(=O)(=O)O. The van der Waals surface area contributed by atoms with Gasteiger partial charge in [0.15, 0.2) is 0 Å². The van der Waals surface area contributed by atoms with E-state index in [4.69, 9.17) is 18.4 Å². The molecule has 1 aromatic heterocycles. The fourth-order valence-electron chi connectivity index (χ4n) is 3.28. The zero-order chi connectivity index (χ0) is 24.3. The highest BCUT2D eigenvalue weighted by atomic mass is 32.2. The number of fused-ring (bicyclic) bond motifs is 1. The molecule has 3 rings (SSSR count). The molecule has 0 saturated carbocycles. The molecule has 3 unspecified atom stereocenters. The molecular formula is C19H23NO12S. The van der Waals surface area contributed by atoms with Crippen LogP contribution in [-0.2, 0) is 26.1 Å². The van der Waals surface area contributed by atoms with Gasteiger partial charge in [-0.1, -0.05) is 0 Å². The van der Waals surface area contributed by atoms with Crippen molar-refractivity contribution in [3.63, 3.8) is 0 Å². The number of ether oxygens (including phenoxy) is 2. The van der Waals surface area contributed by atoms with E-state index in [0.717, 1.165) is 6.07 Å². The number of aliphatic hydroxyl groups is 4. The lowest BCUT2D eigenvalue weighted by atomic mass is 9.99. The van der Waals surface area contributed by atoms with E-state index in [9.17, 15) is 38.4 Å². The van der Waals surface area contributed by atoms with Crippen molar-refractivity contribution in [3.05, 3.63) is 40.2 Å². The van der Waals surface area contributed by atoms with E-state index in [0.29, 0.717) is 5.39 Å². The molecule has 0 spiro atoms. The van der Waals surface area contributed by atoms with E-state index >= 15 is 0 Å². The lowest BCUT2D eigenvalue weighted by Crippen LogP contribution is -2.60. The maximum absolute atomic E-state index is 12.1. The smallest absolute Gasteiger partial charge is 0.336 e. The fraction of sp³-hybridized carbons (Fsp3) is 0.474. The zero-order valence-electron chi connectivity index (χ0n) is 17.0. The van der Waals surface area contributed by atoms with Crippen LogP contribution in [0.3, 0.4) is 0 Å². The lowest BCUT2D eigenvalue weighted by Gasteiger charge is -2.39. The van der Waals surface area contributed by atoms with Crippen LogP contribution in [0.1, 0.15) is 5.56 Å². The van der Waals surface area contributed by atoms with Gasteiger partial charge in [-0.3, -0.25) is 9.35 Å². The van der Waals surface area contributed by atoms with Crippen LogP contribution >= 0.6 is 0 Å². The third kappa shape index (κ3) is 6.26. The number of benzene rings is 1. The summed E-state index contributed by atoms with van der Waals surface area (Å²) >= 11 is 0. The van der Waals surface area contributed by atoms with Crippen LogP contribution in [0.15, 0.2) is 33.5 Å². The molecule has 1 aliphatic rings. The standard InChI is InChI=1S/C19H23NO12S/c21-8-13-16(24)17(25)18(26)19(32-13)30-10-1-2-11-9(6-15(23)31-12(11)7-10)5-14(22)20-3-4-33(27,28)29/h1-2,6-7,13,16-19,21,24-26H,3-5,8H2,(H,20,22)(H,27,28,29)/t13?,16-,17?,18?,19+/m0/s1. The summed E-state index contributed by atoms with van der Waals surface area (Å²) in [6.07, 6.45) is -7.71. The van der Waals surface area contributed by atoms with E-state index < -0.39 is 64.7 Å². The molecule has 0 bridgehead atoms. The van der Waals surface area contributed by atoms with Gasteiger partial charge in [0.05, 0.1) is 18.8 Å². The highest BCUT2D eigenvalue weighted by Gasteiger charge is 2.44. The third-order valence-corrected chi connectivity index (χ3v) is 5.66. The number of hydrogen-bond acceptors (Lipinski definition) is 11. The van der Waals surface area contributed by atoms with E-state index in [2.05, 4.69) is 5.32 Å². The van der Waals surface area contributed by atoms with Crippen LogP contribution in [0.2, 0.25) is 0 Å². The Labute approximate surface area is 186 Å². The number of aliphatic hydroxyl groups excluding tert-OH is 4. The molecule has 2 aromatic rings. The maximum Gasteiger partial charge on any atom is 0.336 e. The van der Waals surface area contributed by atoms with Crippen LogP contribution in [0.5, 0.6) is 5.75 Å². The fourth-order valence-corrected chi connectivity index (χ4v) is 3.64. The molecule has 0 radical (unpaired) electrons. The monoisotopic (exact) mass is 489 g/mol. The Hall–Kier alpha value is -2.59. The molecule has 6 N–H and O–H groups in total. The van der Waals surface area contributed by atoms with E-state index in [-0.39, 0.29) is 29.9 Å². The quantitative estimate of drug-likeness (QED) is 0.168. The Kier molecular flexibility index (Phi) is 7.69. The van der Waals surface area contributed by atoms with Crippen LogP contribution in [-0.4, -0.2) is 88.9 Å². The number of hydrogen-bond donors (Lipinski definition) is 6. The molecule has 0 aliphatic carbocycles. The second-order valence-electron chi connectivity index (χ2n) is 7.38. The topological polar surface area (TPSA) is 213 Å². The van der Waals surface area contributed by atoms with Crippen molar-refractivity contribution in [2.45, 2.75) is 37.1 Å². The van der Waals surface area contributed by atoms with Gasteiger partial charge in [0.25, 0.3) is 10.1 Å². The van der Waals surface area contributed by atoms with Gasteiger partial charge in [-0.25, -0.2) is 4.79 Å². The van der Waals surface area contributed by atoms with Crippen molar-refractivity contribution in [2.24, 2.45) is 0 Å². The zero-order valence-corrected chi connectivity index (χ0v) is 17.8. The summed E-state index contributed by atoms with van der Waals surface area (Å²) in [7, 11) is -4.23. The first-order valence-electron chi connectivity index (χ1n) is 9.74. The first-order valence-corrected chi connectivity index (χ1v) is 11.3. The summed E-state index contributed by atoms with van der Waals surface area (Å²) in [4.78, 5) is 24.0. The Morgan fingerprint density at radius 1 is 1.12 bits per heavy atom. The minimum Gasteiger partial charge on any atom is -0.462 e. The molecule has 13 nitrogen and oxygen atoms in total. The Bertz CT molecular complexity index is 1160. The molecular weight excluding hydrogens is 466 g/mol. The van der Waals surface area contributed by atoms with Crippen LogP contribution in [0.25, 0.3) is 11.0 Å². The summed E-state index contributed by atoms with van der Waals surface area (Å²) in [5.74, 6) is -1.19. The van der Waals surface area contributed by atoms with Gasteiger partial charge < -0.3 is 39.6 Å². The number of rotatable bonds is 8. The van der Waals surface area contributed by atoms with Crippen molar-refractivity contribution >= 4 is 27.0 Å². The summed E-state index contributed by atoms with van der Waals surface area (Å²) in [6.45, 7) is -0.943. The largest absolute Gasteiger partial charge is 0.462 e. The summed E-state index contributed by atoms with van der Waals surface area (Å²) in [5.41, 5.74) is -0.455. The van der Waals surface area contributed by atoms with Gasteiger partial charge >= 0.3 is 5.63 Å². The Morgan fingerprint density at radius 3 is 2.52 bits per heavy atom. The van der Waals surface area contributed by atoms with Gasteiger partial charge in [-0.15, -0.1) is 0 Å². The summed E-state index contributed by atoms with van der Waals surface area (Å²) < 4.78 is 46.1. The van der Waals surface area contributed by atoms with Gasteiger partial charge in [-0.05, 0) is 17.7 Å². The Balaban J connectivity index is 1.77. The molecule has 1 aromatic carbocycles. The second kappa shape index (κ2) is 10.1. The number of carbonyl (C=O) groups is 1. The molecule has 2 heterocycles. The molecule has 1 aliphatic heterocycles. The molecule has 14 heteroatoms. The summed E-state index contributed by atoms with van der Waals surface area (Å²) in [5, 5.41) is 41.7. The minimum atomic E-state index is -4.23. The average molecular weight is 489 g/mol. The highest BCUT2D eigenvalue weighted by molar-refractivity contribution is 7.85. The molecule has 1 saturated heterocycles.